The summed E-state index contributed by atoms with van der Waals surface area (Å²) in [6.45, 7) is 4.14. The molecule has 10 nitrogen and oxygen atoms in total. The minimum Gasteiger partial charge on any atom is -0.480 e. The number of amides is 2. The molecule has 0 fully saturated rings. The molecule has 2 unspecified atom stereocenters. The molecule has 2 amide bonds. The maximum Gasteiger partial charge on any atom is 0.326 e. The largest absolute Gasteiger partial charge is 0.480 e. The Morgan fingerprint density at radius 1 is 0.957 bits per heavy atom. The molecule has 7 rings (SSSR count). The zero-order chi connectivity index (χ0) is 32.8. The molecule has 0 radical (unpaired) electrons. The fourth-order valence-electron chi connectivity index (χ4n) is 6.52. The molecule has 3 heterocycles. The average Bonchev–Trinajstić information content (AvgIpc) is 3.45. The lowest BCUT2D eigenvalue weighted by molar-refractivity contribution is -0.139. The van der Waals surface area contributed by atoms with Crippen LogP contribution in [0.15, 0.2) is 101 Å². The van der Waals surface area contributed by atoms with Crippen LogP contribution in [-0.4, -0.2) is 50.7 Å². The van der Waals surface area contributed by atoms with Crippen LogP contribution >= 0.6 is 0 Å². The Morgan fingerprint density at radius 2 is 1.68 bits per heavy atom. The van der Waals surface area contributed by atoms with Gasteiger partial charge in [-0.3, -0.25) is 19.0 Å². The Labute approximate surface area is 270 Å². The van der Waals surface area contributed by atoms with Gasteiger partial charge in [-0.1, -0.05) is 72.3 Å². The fourth-order valence-corrected chi connectivity index (χ4v) is 6.52. The first-order valence-corrected chi connectivity index (χ1v) is 15.4. The predicted molar refractivity (Wildman–Crippen MR) is 178 cm³/mol. The van der Waals surface area contributed by atoms with Crippen molar-refractivity contribution in [3.63, 3.8) is 0 Å². The molecule has 4 aromatic carbocycles. The maximum absolute atomic E-state index is 14.2. The number of aryl methyl sites for hydroxylation is 2. The van der Waals surface area contributed by atoms with Crippen molar-refractivity contribution in [2.75, 3.05) is 11.4 Å². The van der Waals surface area contributed by atoms with Crippen molar-refractivity contribution < 1.29 is 19.5 Å². The quantitative estimate of drug-likeness (QED) is 0.276. The van der Waals surface area contributed by atoms with E-state index in [0.717, 1.165) is 33.5 Å². The Kier molecular flexibility index (Phi) is 7.48. The summed E-state index contributed by atoms with van der Waals surface area (Å²) >= 11 is 0. The molecule has 2 N–H and O–H groups in total. The number of aliphatic carboxylic acids is 1. The molecule has 234 valence electrons. The second-order valence-corrected chi connectivity index (χ2v) is 11.9. The number of anilines is 1. The summed E-state index contributed by atoms with van der Waals surface area (Å²) < 4.78 is 1.32. The average molecular weight is 626 g/mol. The molecular weight excluding hydrogens is 594 g/mol. The summed E-state index contributed by atoms with van der Waals surface area (Å²) in [4.78, 5) is 64.9. The Balaban J connectivity index is 1.28. The number of nitrogens with zero attached hydrogens (tertiary/aromatic N) is 4. The summed E-state index contributed by atoms with van der Waals surface area (Å²) in [5.74, 6) is -1.83. The van der Waals surface area contributed by atoms with Crippen LogP contribution in [0.25, 0.3) is 10.9 Å². The van der Waals surface area contributed by atoms with Gasteiger partial charge in [0.2, 0.25) is 6.17 Å². The number of benzene rings is 4. The van der Waals surface area contributed by atoms with Gasteiger partial charge < -0.3 is 15.3 Å². The molecule has 2 aliphatic heterocycles. The van der Waals surface area contributed by atoms with E-state index in [1.165, 1.54) is 22.8 Å². The molecule has 0 saturated carbocycles. The van der Waals surface area contributed by atoms with Crippen LogP contribution < -0.4 is 15.8 Å². The molecule has 10 heteroatoms. The van der Waals surface area contributed by atoms with E-state index in [1.54, 1.807) is 36.1 Å². The number of nitrogens with one attached hydrogen (secondary N) is 1. The SMILES string of the molecule is Cc1cc2c3c(c1)C(c1ccccc1)=NC(n1c(C)nc4cc(C(=O)NC(Cc5ccccc5)C(=O)O)ccc4c1=O)C(=O)N3CC2. The number of carboxylic acid groups (broad SMARTS) is 1. The number of rotatable bonds is 7. The van der Waals surface area contributed by atoms with Crippen LogP contribution in [0.4, 0.5) is 5.69 Å². The molecule has 1 aromatic heterocycles. The maximum atomic E-state index is 14.2. The molecule has 5 aromatic rings. The van der Waals surface area contributed by atoms with Crippen LogP contribution in [0.1, 0.15) is 50.2 Å². The van der Waals surface area contributed by atoms with Gasteiger partial charge in [-0.2, -0.15) is 0 Å². The second-order valence-electron chi connectivity index (χ2n) is 11.9. The highest BCUT2D eigenvalue weighted by molar-refractivity contribution is 6.20. The first kappa shape index (κ1) is 29.8. The van der Waals surface area contributed by atoms with E-state index in [0.29, 0.717) is 18.7 Å². The van der Waals surface area contributed by atoms with Crippen LogP contribution in [0.5, 0.6) is 0 Å². The summed E-state index contributed by atoms with van der Waals surface area (Å²) in [5, 5.41) is 12.5. The fraction of sp³-hybridized carbons (Fsp3) is 0.189. The van der Waals surface area contributed by atoms with Crippen molar-refractivity contribution in [1.29, 1.82) is 0 Å². The highest BCUT2D eigenvalue weighted by Crippen LogP contribution is 2.39. The Morgan fingerprint density at radius 3 is 2.40 bits per heavy atom. The van der Waals surface area contributed by atoms with Crippen molar-refractivity contribution in [3.8, 4) is 0 Å². The third-order valence-corrected chi connectivity index (χ3v) is 8.72. The van der Waals surface area contributed by atoms with Crippen LogP contribution in [0.3, 0.4) is 0 Å². The van der Waals surface area contributed by atoms with Gasteiger partial charge in [-0.15, -0.1) is 0 Å². The van der Waals surface area contributed by atoms with Gasteiger partial charge in [0, 0.05) is 29.7 Å². The zero-order valence-electron chi connectivity index (χ0n) is 25.8. The van der Waals surface area contributed by atoms with E-state index < -0.39 is 29.6 Å². The molecule has 0 saturated heterocycles. The topological polar surface area (TPSA) is 134 Å². The van der Waals surface area contributed by atoms with E-state index in [-0.39, 0.29) is 34.6 Å². The predicted octanol–water partition coefficient (Wildman–Crippen LogP) is 4.38. The second kappa shape index (κ2) is 11.8. The minimum absolute atomic E-state index is 0.112. The van der Waals surface area contributed by atoms with E-state index in [9.17, 15) is 24.3 Å². The number of fused-ring (bicyclic) bond motifs is 1. The normalized spacial score (nSPS) is 16.0. The number of aliphatic imine (C=N–C) groups is 1. The van der Waals surface area contributed by atoms with Gasteiger partial charge in [0.15, 0.2) is 0 Å². The van der Waals surface area contributed by atoms with Gasteiger partial charge in [0.25, 0.3) is 17.4 Å². The Bertz CT molecular complexity index is 2180. The molecule has 47 heavy (non-hydrogen) atoms. The first-order chi connectivity index (χ1) is 22.7. The molecule has 0 spiro atoms. The summed E-state index contributed by atoms with van der Waals surface area (Å²) in [7, 11) is 0. The number of hydrogen-bond donors (Lipinski definition) is 2. The summed E-state index contributed by atoms with van der Waals surface area (Å²) in [6.07, 6.45) is -0.390. The Hall–Kier alpha value is -5.90. The van der Waals surface area contributed by atoms with E-state index >= 15 is 0 Å². The first-order valence-electron chi connectivity index (χ1n) is 15.4. The van der Waals surface area contributed by atoms with Crippen LogP contribution in [0.2, 0.25) is 0 Å². The van der Waals surface area contributed by atoms with Crippen LogP contribution in [-0.2, 0) is 22.4 Å². The van der Waals surface area contributed by atoms with Crippen molar-refractivity contribution >= 4 is 40.1 Å². The smallest absolute Gasteiger partial charge is 0.326 e. The van der Waals surface area contributed by atoms with Gasteiger partial charge >= 0.3 is 5.97 Å². The monoisotopic (exact) mass is 625 g/mol. The van der Waals surface area contributed by atoms with Crippen molar-refractivity contribution in [3.05, 3.63) is 141 Å². The van der Waals surface area contributed by atoms with Gasteiger partial charge in [-0.25, -0.2) is 14.8 Å². The lowest BCUT2D eigenvalue weighted by atomic mass is 9.96. The van der Waals surface area contributed by atoms with Crippen molar-refractivity contribution in [2.45, 2.75) is 38.9 Å². The molecule has 0 aliphatic carbocycles. The standard InChI is InChI=1S/C37H31N5O5/c1-21-17-25-15-16-41-32(25)28(18-21)31(24-11-7-4-8-12-24)40-33(36(41)45)42-22(2)38-29-20-26(13-14-27(29)35(42)44)34(43)39-30(37(46)47)19-23-9-5-3-6-10-23/h3-14,17-18,20,30,33H,15-16,19H2,1-2H3,(H,39,43)(H,46,47). The lowest BCUT2D eigenvalue weighted by Gasteiger charge is -2.23. The third-order valence-electron chi connectivity index (χ3n) is 8.72. The summed E-state index contributed by atoms with van der Waals surface area (Å²) in [6, 6.07) is 26.0. The number of hydrogen-bond acceptors (Lipinski definition) is 6. The van der Waals surface area contributed by atoms with E-state index in [2.05, 4.69) is 16.4 Å². The van der Waals surface area contributed by atoms with E-state index in [1.807, 2.05) is 49.4 Å². The lowest BCUT2D eigenvalue weighted by Crippen LogP contribution is -2.42. The molecule has 2 aliphatic rings. The third kappa shape index (κ3) is 5.37. The van der Waals surface area contributed by atoms with Gasteiger partial charge in [0.1, 0.15) is 11.9 Å². The number of aromatic nitrogens is 2. The number of carbonyl (C=O) groups is 3. The minimum atomic E-state index is -1.20. The highest BCUT2D eigenvalue weighted by Gasteiger charge is 2.38. The number of carbonyl (C=O) groups excluding carboxylic acids is 2. The molecule has 2 atom stereocenters. The zero-order valence-corrected chi connectivity index (χ0v) is 25.8. The van der Waals surface area contributed by atoms with Gasteiger partial charge in [-0.05, 0) is 55.7 Å². The van der Waals surface area contributed by atoms with Crippen LogP contribution in [0, 0.1) is 13.8 Å². The molecule has 0 bridgehead atoms. The van der Waals surface area contributed by atoms with Gasteiger partial charge in [0.05, 0.1) is 22.3 Å². The highest BCUT2D eigenvalue weighted by atomic mass is 16.4. The molecular formula is C37H31N5O5. The number of carboxylic acids is 1. The van der Waals surface area contributed by atoms with E-state index in [4.69, 9.17) is 4.99 Å². The van der Waals surface area contributed by atoms with Crippen molar-refractivity contribution in [2.24, 2.45) is 4.99 Å². The van der Waals surface area contributed by atoms with Crippen molar-refractivity contribution in [1.82, 2.24) is 14.9 Å². The summed E-state index contributed by atoms with van der Waals surface area (Å²) in [5.41, 5.74) is 5.96.